The molecule has 0 bridgehead atoms. The molecule has 1 saturated carbocycles. The number of rotatable bonds is 4. The van der Waals surface area contributed by atoms with E-state index in [1.165, 1.54) is 5.56 Å². The van der Waals surface area contributed by atoms with E-state index in [0.29, 0.717) is 30.7 Å². The number of amides is 1. The van der Waals surface area contributed by atoms with Gasteiger partial charge in [0.05, 0.1) is 18.8 Å². The number of aliphatic hydroxyl groups is 1. The highest BCUT2D eigenvalue weighted by Crippen LogP contribution is 2.44. The fraction of sp³-hybridized carbons (Fsp3) is 0.526. The van der Waals surface area contributed by atoms with Crippen molar-refractivity contribution in [3.8, 4) is 5.69 Å². The first kappa shape index (κ1) is 16.3. The smallest absolute Gasteiger partial charge is 0.293 e. The van der Waals surface area contributed by atoms with Crippen LogP contribution in [0.4, 0.5) is 0 Å². The van der Waals surface area contributed by atoms with Crippen molar-refractivity contribution in [2.45, 2.75) is 45.1 Å². The number of benzene rings is 1. The number of carbonyl (C=O) groups is 1. The standard InChI is InChI=1S/C19H24N4O2/c1-12(2)15-6-4-5-7-16(15)23-13(3)20-17(21-23)18(24)22-10-19(25,11-22)14-8-9-14/h4-7,12,14,25H,8-11H2,1-3H3. The number of hydrogen-bond acceptors (Lipinski definition) is 4. The Morgan fingerprint density at radius 1 is 1.28 bits per heavy atom. The zero-order chi connectivity index (χ0) is 17.8. The maximum Gasteiger partial charge on any atom is 0.293 e. The molecule has 2 heterocycles. The molecule has 0 spiro atoms. The monoisotopic (exact) mass is 340 g/mol. The Bertz CT molecular complexity index is 817. The van der Waals surface area contributed by atoms with Crippen molar-refractivity contribution in [3.05, 3.63) is 41.5 Å². The molecule has 6 heteroatoms. The summed E-state index contributed by atoms with van der Waals surface area (Å²) in [5, 5.41) is 14.9. The summed E-state index contributed by atoms with van der Waals surface area (Å²) in [5.41, 5.74) is 1.44. The minimum atomic E-state index is -0.683. The van der Waals surface area contributed by atoms with Crippen molar-refractivity contribution >= 4 is 5.91 Å². The Labute approximate surface area is 147 Å². The van der Waals surface area contributed by atoms with E-state index in [-0.39, 0.29) is 11.7 Å². The van der Waals surface area contributed by atoms with Gasteiger partial charge in [0.2, 0.25) is 5.82 Å². The van der Waals surface area contributed by atoms with Gasteiger partial charge in [-0.3, -0.25) is 4.79 Å². The first-order valence-electron chi connectivity index (χ1n) is 8.93. The number of β-amino-alcohol motifs (C(OH)–C–C–N with tert-alkyl or cyclic N) is 1. The van der Waals surface area contributed by atoms with Crippen LogP contribution in [0.25, 0.3) is 5.69 Å². The van der Waals surface area contributed by atoms with Crippen LogP contribution in [0.5, 0.6) is 0 Å². The Kier molecular flexibility index (Phi) is 3.68. The molecule has 1 amide bonds. The third-order valence-corrected chi connectivity index (χ3v) is 5.30. The summed E-state index contributed by atoms with van der Waals surface area (Å²) in [7, 11) is 0. The molecule has 0 radical (unpaired) electrons. The second-order valence-corrected chi connectivity index (χ2v) is 7.65. The molecular formula is C19H24N4O2. The average molecular weight is 340 g/mol. The predicted molar refractivity (Wildman–Crippen MR) is 93.8 cm³/mol. The highest BCUT2D eigenvalue weighted by Gasteiger charge is 2.53. The normalized spacial score (nSPS) is 19.2. The van der Waals surface area contributed by atoms with E-state index >= 15 is 0 Å². The highest BCUT2D eigenvalue weighted by molar-refractivity contribution is 5.91. The summed E-state index contributed by atoms with van der Waals surface area (Å²) in [6, 6.07) is 8.06. The second kappa shape index (κ2) is 5.66. The molecule has 1 N–H and O–H groups in total. The van der Waals surface area contributed by atoms with Gasteiger partial charge in [-0.25, -0.2) is 9.67 Å². The van der Waals surface area contributed by atoms with Crippen LogP contribution in [-0.2, 0) is 0 Å². The van der Waals surface area contributed by atoms with Crippen molar-refractivity contribution in [1.29, 1.82) is 0 Å². The summed E-state index contributed by atoms with van der Waals surface area (Å²) in [4.78, 5) is 18.7. The molecule has 4 rings (SSSR count). The third-order valence-electron chi connectivity index (χ3n) is 5.30. The second-order valence-electron chi connectivity index (χ2n) is 7.65. The first-order chi connectivity index (χ1) is 11.9. The number of para-hydroxylation sites is 1. The van der Waals surface area contributed by atoms with Gasteiger partial charge in [-0.1, -0.05) is 32.0 Å². The van der Waals surface area contributed by atoms with E-state index in [9.17, 15) is 9.90 Å². The van der Waals surface area contributed by atoms with Crippen LogP contribution < -0.4 is 0 Å². The predicted octanol–water partition coefficient (Wildman–Crippen LogP) is 2.30. The number of aromatic nitrogens is 3. The Hall–Kier alpha value is -2.21. The maximum absolute atomic E-state index is 12.6. The molecule has 1 aliphatic heterocycles. The van der Waals surface area contributed by atoms with Gasteiger partial charge in [-0.15, -0.1) is 5.10 Å². The lowest BCUT2D eigenvalue weighted by Crippen LogP contribution is -2.64. The first-order valence-corrected chi connectivity index (χ1v) is 8.93. The minimum Gasteiger partial charge on any atom is -0.386 e. The highest BCUT2D eigenvalue weighted by atomic mass is 16.3. The van der Waals surface area contributed by atoms with Crippen molar-refractivity contribution in [3.63, 3.8) is 0 Å². The Balaban J connectivity index is 1.58. The zero-order valence-electron chi connectivity index (χ0n) is 14.9. The molecule has 1 aromatic carbocycles. The molecule has 2 fully saturated rings. The van der Waals surface area contributed by atoms with Crippen LogP contribution >= 0.6 is 0 Å². The molecule has 132 valence electrons. The molecule has 25 heavy (non-hydrogen) atoms. The van der Waals surface area contributed by atoms with Crippen molar-refractivity contribution in [2.75, 3.05) is 13.1 Å². The maximum atomic E-state index is 12.6. The summed E-state index contributed by atoms with van der Waals surface area (Å²) in [6.45, 7) is 6.92. The Morgan fingerprint density at radius 2 is 1.96 bits per heavy atom. The lowest BCUT2D eigenvalue weighted by molar-refractivity contribution is -0.0961. The third kappa shape index (κ3) is 2.74. The van der Waals surface area contributed by atoms with Gasteiger partial charge in [0.1, 0.15) is 11.4 Å². The Morgan fingerprint density at radius 3 is 2.60 bits per heavy atom. The van der Waals surface area contributed by atoms with Gasteiger partial charge in [-0.2, -0.15) is 0 Å². The number of nitrogens with zero attached hydrogens (tertiary/aromatic N) is 4. The molecule has 2 aromatic rings. The van der Waals surface area contributed by atoms with Gasteiger partial charge in [0, 0.05) is 0 Å². The topological polar surface area (TPSA) is 71.2 Å². The van der Waals surface area contributed by atoms with Gasteiger partial charge < -0.3 is 10.0 Å². The van der Waals surface area contributed by atoms with Crippen molar-refractivity contribution in [2.24, 2.45) is 5.92 Å². The van der Waals surface area contributed by atoms with E-state index in [1.54, 1.807) is 9.58 Å². The fourth-order valence-electron chi connectivity index (χ4n) is 3.66. The van der Waals surface area contributed by atoms with E-state index in [0.717, 1.165) is 18.5 Å². The van der Waals surface area contributed by atoms with Gasteiger partial charge in [0.15, 0.2) is 0 Å². The molecule has 1 aromatic heterocycles. The van der Waals surface area contributed by atoms with E-state index in [2.05, 4.69) is 30.0 Å². The summed E-state index contributed by atoms with van der Waals surface area (Å²) in [5.74, 6) is 1.40. The van der Waals surface area contributed by atoms with E-state index in [4.69, 9.17) is 0 Å². The van der Waals surface area contributed by atoms with Crippen LogP contribution in [0.3, 0.4) is 0 Å². The fourth-order valence-corrected chi connectivity index (χ4v) is 3.66. The van der Waals surface area contributed by atoms with Crippen molar-refractivity contribution in [1.82, 2.24) is 19.7 Å². The van der Waals surface area contributed by atoms with Gasteiger partial charge in [-0.05, 0) is 43.2 Å². The SMILES string of the molecule is Cc1nc(C(=O)N2CC(O)(C3CC3)C2)nn1-c1ccccc1C(C)C. The molecule has 1 saturated heterocycles. The van der Waals surface area contributed by atoms with Gasteiger partial charge >= 0.3 is 0 Å². The summed E-state index contributed by atoms with van der Waals surface area (Å²) < 4.78 is 1.75. The molecule has 0 atom stereocenters. The van der Waals surface area contributed by atoms with Crippen molar-refractivity contribution < 1.29 is 9.90 Å². The van der Waals surface area contributed by atoms with E-state index in [1.807, 2.05) is 25.1 Å². The van der Waals surface area contributed by atoms with Crippen LogP contribution in [-0.4, -0.2) is 49.4 Å². The molecule has 6 nitrogen and oxygen atoms in total. The molecule has 0 unspecified atom stereocenters. The number of likely N-dealkylation sites (tertiary alicyclic amines) is 1. The quantitative estimate of drug-likeness (QED) is 0.927. The lowest BCUT2D eigenvalue weighted by atomic mass is 9.88. The minimum absolute atomic E-state index is 0.200. The summed E-state index contributed by atoms with van der Waals surface area (Å²) >= 11 is 0. The van der Waals surface area contributed by atoms with Gasteiger partial charge in [0.25, 0.3) is 5.91 Å². The molecular weight excluding hydrogens is 316 g/mol. The number of hydrogen-bond donors (Lipinski definition) is 1. The average Bonchev–Trinajstić information content (AvgIpc) is 3.34. The lowest BCUT2D eigenvalue weighted by Gasteiger charge is -2.46. The van der Waals surface area contributed by atoms with E-state index < -0.39 is 5.60 Å². The number of carbonyl (C=O) groups excluding carboxylic acids is 1. The largest absolute Gasteiger partial charge is 0.386 e. The van der Waals surface area contributed by atoms with Crippen LogP contribution in [0, 0.1) is 12.8 Å². The van der Waals surface area contributed by atoms with Crippen LogP contribution in [0.2, 0.25) is 0 Å². The van der Waals surface area contributed by atoms with Crippen LogP contribution in [0.15, 0.2) is 24.3 Å². The summed E-state index contributed by atoms with van der Waals surface area (Å²) in [6.07, 6.45) is 2.13. The molecule has 2 aliphatic rings. The zero-order valence-corrected chi connectivity index (χ0v) is 14.9. The number of aryl methyl sites for hydroxylation is 1. The van der Waals surface area contributed by atoms with Crippen LogP contribution in [0.1, 0.15) is 54.6 Å². The molecule has 1 aliphatic carbocycles.